The SMILES string of the molecule is C=Cc1nscc1-c1ccc2c(ccc3sc4c(c32)NC[C@@H](C)NC4=O)n1. The average molecular weight is 393 g/mol. The van der Waals surface area contributed by atoms with Crippen molar-refractivity contribution in [3.05, 3.63) is 46.8 Å². The summed E-state index contributed by atoms with van der Waals surface area (Å²) in [4.78, 5) is 18.1. The highest BCUT2D eigenvalue weighted by molar-refractivity contribution is 7.21. The van der Waals surface area contributed by atoms with Crippen LogP contribution >= 0.6 is 22.9 Å². The molecular weight excluding hydrogens is 376 g/mol. The molecule has 4 aromatic rings. The molecule has 27 heavy (non-hydrogen) atoms. The summed E-state index contributed by atoms with van der Waals surface area (Å²) in [7, 11) is 0. The van der Waals surface area contributed by atoms with Crippen LogP contribution in [0, 0.1) is 0 Å². The molecule has 0 radical (unpaired) electrons. The lowest BCUT2D eigenvalue weighted by Gasteiger charge is -2.10. The Morgan fingerprint density at radius 2 is 2.19 bits per heavy atom. The Balaban J connectivity index is 1.74. The van der Waals surface area contributed by atoms with Crippen LogP contribution in [-0.2, 0) is 0 Å². The molecule has 2 N–H and O–H groups in total. The standard InChI is InChI=1S/C20H16N4OS2/c1-3-13-12(9-26-24-13)15-5-4-11-14(23-15)6-7-16-17(11)18-19(27-16)20(25)22-10(2)8-21-18/h3-7,9-10,21H,1,8H2,2H3,(H,22,25)/t10-/m1/s1. The number of rotatable bonds is 2. The molecule has 1 aliphatic rings. The number of nitrogens with zero attached hydrogens (tertiary/aromatic N) is 2. The monoisotopic (exact) mass is 392 g/mol. The van der Waals surface area contributed by atoms with Gasteiger partial charge < -0.3 is 10.6 Å². The van der Waals surface area contributed by atoms with Crippen LogP contribution in [-0.4, -0.2) is 27.9 Å². The quantitative estimate of drug-likeness (QED) is 0.516. The first-order valence-corrected chi connectivity index (χ1v) is 10.3. The third-order valence-corrected chi connectivity index (χ3v) is 6.55. The van der Waals surface area contributed by atoms with Gasteiger partial charge in [0.1, 0.15) is 4.88 Å². The first kappa shape index (κ1) is 16.4. The van der Waals surface area contributed by atoms with Crippen LogP contribution in [0.15, 0.2) is 36.2 Å². The number of amides is 1. The summed E-state index contributed by atoms with van der Waals surface area (Å²) in [6.45, 7) is 6.53. The molecule has 0 fully saturated rings. The van der Waals surface area contributed by atoms with Gasteiger partial charge in [-0.25, -0.2) is 4.98 Å². The maximum absolute atomic E-state index is 12.5. The number of pyridine rings is 1. The van der Waals surface area contributed by atoms with Crippen molar-refractivity contribution in [2.24, 2.45) is 0 Å². The van der Waals surface area contributed by atoms with Crippen molar-refractivity contribution >= 4 is 61.5 Å². The van der Waals surface area contributed by atoms with Crippen LogP contribution in [0.25, 0.3) is 38.3 Å². The fourth-order valence-electron chi connectivity index (χ4n) is 3.46. The van der Waals surface area contributed by atoms with Crippen molar-refractivity contribution in [2.45, 2.75) is 13.0 Å². The van der Waals surface area contributed by atoms with E-state index in [1.807, 2.05) is 30.5 Å². The topological polar surface area (TPSA) is 66.9 Å². The highest BCUT2D eigenvalue weighted by atomic mass is 32.1. The average Bonchev–Trinajstić information content (AvgIpc) is 3.27. The lowest BCUT2D eigenvalue weighted by atomic mass is 10.1. The van der Waals surface area contributed by atoms with Crippen molar-refractivity contribution in [3.8, 4) is 11.3 Å². The van der Waals surface area contributed by atoms with Gasteiger partial charge in [0.25, 0.3) is 5.91 Å². The number of hydrogen-bond acceptors (Lipinski definition) is 6. The molecule has 3 aromatic heterocycles. The molecule has 0 spiro atoms. The second kappa shape index (κ2) is 6.14. The molecule has 0 saturated carbocycles. The number of anilines is 1. The maximum atomic E-state index is 12.5. The Morgan fingerprint density at radius 3 is 3.04 bits per heavy atom. The number of hydrogen-bond donors (Lipinski definition) is 2. The van der Waals surface area contributed by atoms with E-state index in [2.05, 4.69) is 27.7 Å². The summed E-state index contributed by atoms with van der Waals surface area (Å²) >= 11 is 2.92. The normalized spacial score (nSPS) is 16.6. The molecule has 0 saturated heterocycles. The van der Waals surface area contributed by atoms with Crippen molar-refractivity contribution in [2.75, 3.05) is 11.9 Å². The van der Waals surface area contributed by atoms with Gasteiger partial charge in [-0.1, -0.05) is 6.58 Å². The summed E-state index contributed by atoms with van der Waals surface area (Å²) in [6.07, 6.45) is 1.75. The van der Waals surface area contributed by atoms with Crippen molar-refractivity contribution in [3.63, 3.8) is 0 Å². The Bertz CT molecular complexity index is 1220. The molecular formula is C20H16N4OS2. The molecule has 0 bridgehead atoms. The highest BCUT2D eigenvalue weighted by Crippen LogP contribution is 2.41. The molecule has 1 aliphatic heterocycles. The minimum Gasteiger partial charge on any atom is -0.381 e. The van der Waals surface area contributed by atoms with Gasteiger partial charge >= 0.3 is 0 Å². The number of aromatic nitrogens is 2. The summed E-state index contributed by atoms with van der Waals surface area (Å²) in [5.41, 5.74) is 4.55. The second-order valence-corrected chi connectivity index (χ2v) is 8.26. The largest absolute Gasteiger partial charge is 0.381 e. The highest BCUT2D eigenvalue weighted by Gasteiger charge is 2.24. The first-order valence-electron chi connectivity index (χ1n) is 8.64. The van der Waals surface area contributed by atoms with Crippen molar-refractivity contribution < 1.29 is 4.79 Å². The van der Waals surface area contributed by atoms with Crippen molar-refractivity contribution in [1.29, 1.82) is 0 Å². The van der Waals surface area contributed by atoms with Crippen LogP contribution in [0.2, 0.25) is 0 Å². The minimum atomic E-state index is -0.0126. The van der Waals surface area contributed by atoms with Gasteiger partial charge in [-0.3, -0.25) is 4.79 Å². The van der Waals surface area contributed by atoms with Gasteiger partial charge in [0.05, 0.1) is 22.6 Å². The molecule has 7 heteroatoms. The Labute approximate surface area is 163 Å². The fraction of sp³-hybridized carbons (Fsp3) is 0.150. The lowest BCUT2D eigenvalue weighted by Crippen LogP contribution is -2.34. The number of fused-ring (bicyclic) bond motifs is 5. The van der Waals surface area contributed by atoms with Crippen LogP contribution < -0.4 is 10.6 Å². The second-order valence-electron chi connectivity index (χ2n) is 6.58. The smallest absolute Gasteiger partial charge is 0.263 e. The van der Waals surface area contributed by atoms with E-state index >= 15 is 0 Å². The Hall–Kier alpha value is -2.77. The minimum absolute atomic E-state index is 0.0126. The predicted molar refractivity (Wildman–Crippen MR) is 114 cm³/mol. The van der Waals surface area contributed by atoms with E-state index in [-0.39, 0.29) is 11.9 Å². The molecule has 1 aromatic carbocycles. The number of thiophene rings is 1. The van der Waals surface area contributed by atoms with Crippen LogP contribution in [0.4, 0.5) is 5.69 Å². The van der Waals surface area contributed by atoms with Crippen LogP contribution in [0.1, 0.15) is 22.3 Å². The molecule has 0 unspecified atom stereocenters. The number of nitrogens with one attached hydrogen (secondary N) is 2. The molecule has 5 nitrogen and oxygen atoms in total. The summed E-state index contributed by atoms with van der Waals surface area (Å²) in [5.74, 6) is -0.0126. The van der Waals surface area contributed by atoms with E-state index in [9.17, 15) is 4.79 Å². The number of carbonyl (C=O) groups excluding carboxylic acids is 1. The molecule has 5 rings (SSSR count). The van der Waals surface area contributed by atoms with Crippen LogP contribution in [0.5, 0.6) is 0 Å². The Morgan fingerprint density at radius 1 is 1.30 bits per heavy atom. The molecule has 0 aliphatic carbocycles. The molecule has 1 atom stereocenters. The third kappa shape index (κ3) is 2.54. The summed E-state index contributed by atoms with van der Waals surface area (Å²) < 4.78 is 5.43. The van der Waals surface area contributed by atoms with Gasteiger partial charge in [-0.2, -0.15) is 4.37 Å². The van der Waals surface area contributed by atoms with Gasteiger partial charge in [0.2, 0.25) is 0 Å². The van der Waals surface area contributed by atoms with Gasteiger partial charge in [0.15, 0.2) is 0 Å². The number of benzene rings is 1. The first-order chi connectivity index (χ1) is 13.2. The van der Waals surface area contributed by atoms with Gasteiger partial charge in [0, 0.05) is 39.0 Å². The van der Waals surface area contributed by atoms with E-state index in [0.717, 1.165) is 48.5 Å². The zero-order valence-electron chi connectivity index (χ0n) is 14.6. The third-order valence-electron chi connectivity index (χ3n) is 4.76. The van der Waals surface area contributed by atoms with E-state index in [0.29, 0.717) is 6.54 Å². The van der Waals surface area contributed by atoms with Gasteiger partial charge in [-0.05, 0) is 48.8 Å². The van der Waals surface area contributed by atoms with Crippen molar-refractivity contribution in [1.82, 2.24) is 14.7 Å². The summed E-state index contributed by atoms with van der Waals surface area (Å²) in [6, 6.07) is 8.26. The maximum Gasteiger partial charge on any atom is 0.263 e. The van der Waals surface area contributed by atoms with Crippen LogP contribution in [0.3, 0.4) is 0 Å². The van der Waals surface area contributed by atoms with E-state index in [1.54, 1.807) is 6.08 Å². The predicted octanol–water partition coefficient (Wildman–Crippen LogP) is 4.76. The van der Waals surface area contributed by atoms with E-state index in [1.165, 1.54) is 22.9 Å². The molecule has 1 amide bonds. The number of carbonyl (C=O) groups is 1. The van der Waals surface area contributed by atoms with Gasteiger partial charge in [-0.15, -0.1) is 11.3 Å². The zero-order valence-corrected chi connectivity index (χ0v) is 16.2. The van der Waals surface area contributed by atoms with E-state index < -0.39 is 0 Å². The molecule has 134 valence electrons. The Kier molecular flexibility index (Phi) is 3.73. The van der Waals surface area contributed by atoms with E-state index in [4.69, 9.17) is 4.98 Å². The summed E-state index contributed by atoms with van der Waals surface area (Å²) in [5, 5.41) is 10.6. The lowest BCUT2D eigenvalue weighted by molar-refractivity contribution is 0.0949. The molecule has 4 heterocycles. The fourth-order valence-corrected chi connectivity index (χ4v) is 5.24. The zero-order chi connectivity index (χ0) is 18.5.